The number of rotatable bonds is 6. The Morgan fingerprint density at radius 1 is 1.00 bits per heavy atom. The summed E-state index contributed by atoms with van der Waals surface area (Å²) in [6.45, 7) is 1.42. The van der Waals surface area contributed by atoms with Gasteiger partial charge in [0.1, 0.15) is 0 Å². The highest BCUT2D eigenvalue weighted by molar-refractivity contribution is 5.94. The van der Waals surface area contributed by atoms with E-state index in [9.17, 15) is 22.8 Å². The van der Waals surface area contributed by atoms with Crippen LogP contribution in [0.2, 0.25) is 0 Å². The second-order valence-electron chi connectivity index (χ2n) is 7.62. The predicted octanol–water partition coefficient (Wildman–Crippen LogP) is 4.65. The van der Waals surface area contributed by atoms with Crippen LogP contribution in [0.1, 0.15) is 47.2 Å². The molecule has 1 aliphatic heterocycles. The monoisotopic (exact) mass is 418 g/mol. The van der Waals surface area contributed by atoms with E-state index in [2.05, 4.69) is 5.32 Å². The lowest BCUT2D eigenvalue weighted by Crippen LogP contribution is -2.38. The molecule has 1 N–H and O–H groups in total. The number of carbonyl (C=O) groups is 2. The first-order valence-electron chi connectivity index (χ1n) is 10.1. The van der Waals surface area contributed by atoms with Crippen molar-refractivity contribution in [1.82, 2.24) is 10.2 Å². The summed E-state index contributed by atoms with van der Waals surface area (Å²) in [6.07, 6.45) is -1.66. The SMILES string of the molecule is O=C(CCC1CCN(C(=O)c2ccccc2)CC1)NCc1cccc(C(F)(F)F)c1. The zero-order valence-corrected chi connectivity index (χ0v) is 16.6. The minimum absolute atomic E-state index is 0.0351. The number of likely N-dealkylation sites (tertiary alicyclic amines) is 1. The molecule has 0 aliphatic carbocycles. The molecule has 0 aromatic heterocycles. The number of hydrogen-bond acceptors (Lipinski definition) is 2. The van der Waals surface area contributed by atoms with Gasteiger partial charge in [-0.3, -0.25) is 9.59 Å². The largest absolute Gasteiger partial charge is 0.416 e. The van der Waals surface area contributed by atoms with Crippen LogP contribution in [0.25, 0.3) is 0 Å². The summed E-state index contributed by atoms with van der Waals surface area (Å²) in [6, 6.07) is 14.2. The van der Waals surface area contributed by atoms with Crippen molar-refractivity contribution >= 4 is 11.8 Å². The Labute approximate surface area is 174 Å². The van der Waals surface area contributed by atoms with Crippen molar-refractivity contribution in [2.45, 2.75) is 38.4 Å². The van der Waals surface area contributed by atoms with Gasteiger partial charge in [0.25, 0.3) is 5.91 Å². The molecule has 30 heavy (non-hydrogen) atoms. The maximum Gasteiger partial charge on any atom is 0.416 e. The fourth-order valence-corrected chi connectivity index (χ4v) is 3.67. The molecule has 0 bridgehead atoms. The molecule has 1 aliphatic rings. The third-order valence-corrected chi connectivity index (χ3v) is 5.45. The highest BCUT2D eigenvalue weighted by atomic mass is 19.4. The standard InChI is InChI=1S/C23H25F3N2O2/c24-23(25,26)20-8-4-5-18(15-20)16-27-21(29)10-9-17-11-13-28(14-12-17)22(30)19-6-2-1-3-7-19/h1-8,15,17H,9-14,16H2,(H,27,29). The average molecular weight is 418 g/mol. The van der Waals surface area contributed by atoms with Crippen LogP contribution in [0, 0.1) is 5.92 Å². The Bertz CT molecular complexity index is 860. The van der Waals surface area contributed by atoms with Gasteiger partial charge in [0.2, 0.25) is 5.91 Å². The zero-order chi connectivity index (χ0) is 21.6. The van der Waals surface area contributed by atoms with E-state index in [4.69, 9.17) is 0 Å². The first kappa shape index (κ1) is 21.9. The highest BCUT2D eigenvalue weighted by Crippen LogP contribution is 2.29. The van der Waals surface area contributed by atoms with Crippen molar-refractivity contribution in [2.75, 3.05) is 13.1 Å². The maximum atomic E-state index is 12.8. The molecule has 0 spiro atoms. The van der Waals surface area contributed by atoms with Gasteiger partial charge in [0.05, 0.1) is 5.56 Å². The summed E-state index contributed by atoms with van der Waals surface area (Å²) >= 11 is 0. The number of alkyl halides is 3. The van der Waals surface area contributed by atoms with Crippen LogP contribution in [0.5, 0.6) is 0 Å². The van der Waals surface area contributed by atoms with Gasteiger partial charge in [-0.15, -0.1) is 0 Å². The highest BCUT2D eigenvalue weighted by Gasteiger charge is 2.30. The summed E-state index contributed by atoms with van der Waals surface area (Å²) in [4.78, 5) is 26.4. The Morgan fingerprint density at radius 3 is 2.37 bits per heavy atom. The van der Waals surface area contributed by atoms with Gasteiger partial charge >= 0.3 is 6.18 Å². The number of benzene rings is 2. The predicted molar refractivity (Wildman–Crippen MR) is 108 cm³/mol. The molecular weight excluding hydrogens is 393 g/mol. The number of hydrogen-bond donors (Lipinski definition) is 1. The molecule has 1 heterocycles. The molecule has 3 rings (SSSR count). The average Bonchev–Trinajstić information content (AvgIpc) is 2.76. The lowest BCUT2D eigenvalue weighted by atomic mass is 9.91. The van der Waals surface area contributed by atoms with Gasteiger partial charge in [-0.1, -0.05) is 30.3 Å². The van der Waals surface area contributed by atoms with E-state index < -0.39 is 11.7 Å². The zero-order valence-electron chi connectivity index (χ0n) is 16.6. The van der Waals surface area contributed by atoms with Crippen LogP contribution in [-0.4, -0.2) is 29.8 Å². The van der Waals surface area contributed by atoms with Crippen molar-refractivity contribution in [3.05, 3.63) is 71.3 Å². The van der Waals surface area contributed by atoms with Crippen LogP contribution in [0.15, 0.2) is 54.6 Å². The molecule has 0 unspecified atom stereocenters. The first-order chi connectivity index (χ1) is 14.3. The van der Waals surface area contributed by atoms with Crippen molar-refractivity contribution in [3.8, 4) is 0 Å². The van der Waals surface area contributed by atoms with E-state index in [1.54, 1.807) is 6.07 Å². The molecule has 2 amide bonds. The summed E-state index contributed by atoms with van der Waals surface area (Å²) in [5.41, 5.74) is 0.391. The van der Waals surface area contributed by atoms with E-state index in [-0.39, 0.29) is 18.4 Å². The summed E-state index contributed by atoms with van der Waals surface area (Å²) in [5.74, 6) is 0.229. The minimum atomic E-state index is -4.39. The Morgan fingerprint density at radius 2 is 1.70 bits per heavy atom. The molecule has 0 atom stereocenters. The van der Waals surface area contributed by atoms with Gasteiger partial charge in [0.15, 0.2) is 0 Å². The fourth-order valence-electron chi connectivity index (χ4n) is 3.67. The quantitative estimate of drug-likeness (QED) is 0.742. The molecule has 7 heteroatoms. The molecule has 4 nitrogen and oxygen atoms in total. The van der Waals surface area contributed by atoms with E-state index in [1.165, 1.54) is 6.07 Å². The summed E-state index contributed by atoms with van der Waals surface area (Å²) in [7, 11) is 0. The smallest absolute Gasteiger partial charge is 0.352 e. The molecule has 2 aromatic rings. The van der Waals surface area contributed by atoms with Crippen molar-refractivity contribution in [2.24, 2.45) is 5.92 Å². The van der Waals surface area contributed by atoms with Crippen molar-refractivity contribution in [3.63, 3.8) is 0 Å². The lowest BCUT2D eigenvalue weighted by Gasteiger charge is -2.32. The summed E-state index contributed by atoms with van der Waals surface area (Å²) < 4.78 is 38.3. The minimum Gasteiger partial charge on any atom is -0.352 e. The number of halogens is 3. The fraction of sp³-hybridized carbons (Fsp3) is 0.391. The number of piperidine rings is 1. The second kappa shape index (κ2) is 9.78. The van der Waals surface area contributed by atoms with Crippen molar-refractivity contribution < 1.29 is 22.8 Å². The van der Waals surface area contributed by atoms with Crippen molar-refractivity contribution in [1.29, 1.82) is 0 Å². The molecule has 160 valence electrons. The van der Waals surface area contributed by atoms with E-state index >= 15 is 0 Å². The molecule has 1 saturated heterocycles. The third kappa shape index (κ3) is 6.08. The van der Waals surface area contributed by atoms with Crippen LogP contribution >= 0.6 is 0 Å². The number of amides is 2. The maximum absolute atomic E-state index is 12.8. The van der Waals surface area contributed by atoms with Crippen LogP contribution in [0.4, 0.5) is 13.2 Å². The Hall–Kier alpha value is -2.83. The van der Waals surface area contributed by atoms with E-state index in [0.717, 1.165) is 25.0 Å². The number of nitrogens with one attached hydrogen (secondary N) is 1. The second-order valence-corrected chi connectivity index (χ2v) is 7.62. The van der Waals surface area contributed by atoms with E-state index in [1.807, 2.05) is 35.2 Å². The Balaban J connectivity index is 1.38. The number of carbonyl (C=O) groups excluding carboxylic acids is 2. The number of nitrogens with zero attached hydrogens (tertiary/aromatic N) is 1. The molecule has 0 saturated carbocycles. The van der Waals surface area contributed by atoms with Gasteiger partial charge in [-0.2, -0.15) is 13.2 Å². The summed E-state index contributed by atoms with van der Waals surface area (Å²) in [5, 5.41) is 2.69. The molecule has 1 fully saturated rings. The van der Waals surface area contributed by atoms with E-state index in [0.29, 0.717) is 43.0 Å². The van der Waals surface area contributed by atoms with Gasteiger partial charge < -0.3 is 10.2 Å². The molecular formula is C23H25F3N2O2. The van der Waals surface area contributed by atoms with Crippen LogP contribution in [0.3, 0.4) is 0 Å². The van der Waals surface area contributed by atoms with Gasteiger partial charge in [-0.25, -0.2) is 0 Å². The third-order valence-electron chi connectivity index (χ3n) is 5.45. The van der Waals surface area contributed by atoms with Gasteiger partial charge in [-0.05, 0) is 55.0 Å². The van der Waals surface area contributed by atoms with Crippen LogP contribution in [-0.2, 0) is 17.5 Å². The normalized spacial score (nSPS) is 15.1. The first-order valence-corrected chi connectivity index (χ1v) is 10.1. The molecule has 0 radical (unpaired) electrons. The topological polar surface area (TPSA) is 49.4 Å². The van der Waals surface area contributed by atoms with Gasteiger partial charge in [0, 0.05) is 31.6 Å². The lowest BCUT2D eigenvalue weighted by molar-refractivity contribution is -0.137. The Kier molecular flexibility index (Phi) is 7.13. The van der Waals surface area contributed by atoms with Crippen LogP contribution < -0.4 is 5.32 Å². The molecule has 2 aromatic carbocycles.